The van der Waals surface area contributed by atoms with Crippen LogP contribution in [0, 0.1) is 11.3 Å². The number of nitriles is 1. The number of rotatable bonds is 7. The van der Waals surface area contributed by atoms with Crippen molar-refractivity contribution in [2.45, 2.75) is 42.7 Å². The highest BCUT2D eigenvalue weighted by Gasteiger charge is 2.42. The van der Waals surface area contributed by atoms with Crippen LogP contribution in [0.15, 0.2) is 40.6 Å². The Morgan fingerprint density at radius 2 is 1.97 bits per heavy atom. The minimum atomic E-state index is -4.07. The van der Waals surface area contributed by atoms with Crippen molar-refractivity contribution in [2.24, 2.45) is 0 Å². The molecule has 0 radical (unpaired) electrons. The van der Waals surface area contributed by atoms with Gasteiger partial charge in [-0.25, -0.2) is 23.5 Å². The fourth-order valence-electron chi connectivity index (χ4n) is 4.15. The fourth-order valence-corrected chi connectivity index (χ4v) is 7.16. The van der Waals surface area contributed by atoms with E-state index in [-0.39, 0.29) is 29.9 Å². The van der Waals surface area contributed by atoms with E-state index in [9.17, 15) is 18.0 Å². The molecule has 2 aromatic rings. The van der Waals surface area contributed by atoms with Gasteiger partial charge in [-0.2, -0.15) is 9.57 Å². The van der Waals surface area contributed by atoms with E-state index in [0.717, 1.165) is 34.0 Å². The zero-order chi connectivity index (χ0) is 26.4. The number of carbonyl (C=O) groups excluding carboxylic acids is 2. The van der Waals surface area contributed by atoms with Gasteiger partial charge in [-0.05, 0) is 49.6 Å². The first-order chi connectivity index (χ1) is 17.8. The van der Waals surface area contributed by atoms with Gasteiger partial charge < -0.3 is 15.0 Å². The van der Waals surface area contributed by atoms with Crippen LogP contribution in [0.5, 0.6) is 0 Å². The zero-order valence-corrected chi connectivity index (χ0v) is 22.0. The number of benzene rings is 1. The van der Waals surface area contributed by atoms with Gasteiger partial charge in [-0.15, -0.1) is 11.3 Å². The molecule has 4 rings (SSSR count). The summed E-state index contributed by atoms with van der Waals surface area (Å²) < 4.78 is 34.0. The van der Waals surface area contributed by atoms with Gasteiger partial charge in [0.05, 0.1) is 11.6 Å². The van der Waals surface area contributed by atoms with Gasteiger partial charge in [0.25, 0.3) is 15.9 Å². The highest BCUT2D eigenvalue weighted by Crippen LogP contribution is 2.33. The molecule has 0 saturated carbocycles. The normalized spacial score (nSPS) is 20.7. The molecule has 2 aliphatic heterocycles. The minimum Gasteiger partial charge on any atom is -0.350 e. The third-order valence-corrected chi connectivity index (χ3v) is 9.63. The lowest BCUT2D eigenvalue weighted by Gasteiger charge is -2.39. The lowest BCUT2D eigenvalue weighted by Crippen LogP contribution is -2.62. The van der Waals surface area contributed by atoms with Gasteiger partial charge in [0, 0.05) is 44.1 Å². The summed E-state index contributed by atoms with van der Waals surface area (Å²) in [5, 5.41) is 11.7. The second-order valence-corrected chi connectivity index (χ2v) is 11.8. The molecule has 2 N–H and O–H groups in total. The van der Waals surface area contributed by atoms with Gasteiger partial charge >= 0.3 is 6.03 Å². The van der Waals surface area contributed by atoms with Crippen molar-refractivity contribution in [3.05, 3.63) is 42.0 Å². The maximum atomic E-state index is 13.7. The van der Waals surface area contributed by atoms with Crippen molar-refractivity contribution in [3.8, 4) is 16.5 Å². The monoisotopic (exact) mass is 547 g/mol. The van der Waals surface area contributed by atoms with E-state index in [1.54, 1.807) is 37.3 Å². The average Bonchev–Trinajstić information content (AvgIpc) is 3.43. The number of hydrogen-bond donors (Lipinski definition) is 2. The van der Waals surface area contributed by atoms with Crippen LogP contribution >= 0.6 is 11.3 Å². The molecule has 2 atom stereocenters. The van der Waals surface area contributed by atoms with Gasteiger partial charge in [0.2, 0.25) is 0 Å². The number of carbonyl (C=O) groups is 2. The SMILES string of the molecule is CCNC(=O)N1CCN(S(=O)(=O)c2ccc(-c3ccc(C#N)cc3)s2)C(C(=O)NOC2CCCCO2)C1. The molecular formula is C24H29N5O6S2. The Morgan fingerprint density at radius 3 is 2.65 bits per heavy atom. The fraction of sp³-hybridized carbons (Fsp3) is 0.458. The standard InChI is InChI=1S/C24H29N5O6S2/c1-2-26-24(31)28-12-13-29(19(16-28)23(30)27-35-21-5-3-4-14-34-21)37(32,33)22-11-10-20(36-22)18-8-6-17(15-25)7-9-18/h6-11,19,21H,2-5,12-14,16H2,1H3,(H,26,31)(H,27,30). The number of hydroxylamine groups is 1. The maximum absolute atomic E-state index is 13.7. The molecule has 2 unspecified atom stereocenters. The molecule has 198 valence electrons. The second-order valence-electron chi connectivity index (χ2n) is 8.60. The van der Waals surface area contributed by atoms with Crippen molar-refractivity contribution in [1.82, 2.24) is 20.0 Å². The summed E-state index contributed by atoms with van der Waals surface area (Å²) in [4.78, 5) is 33.2. The maximum Gasteiger partial charge on any atom is 0.317 e. The van der Waals surface area contributed by atoms with Crippen LogP contribution in [0.25, 0.3) is 10.4 Å². The van der Waals surface area contributed by atoms with Crippen LogP contribution in [0.4, 0.5) is 4.79 Å². The third-order valence-electron chi connectivity index (χ3n) is 6.12. The zero-order valence-electron chi connectivity index (χ0n) is 20.4. The first-order valence-corrected chi connectivity index (χ1v) is 14.3. The first-order valence-electron chi connectivity index (χ1n) is 12.1. The predicted molar refractivity (Wildman–Crippen MR) is 136 cm³/mol. The van der Waals surface area contributed by atoms with Crippen LogP contribution in [-0.4, -0.2) is 74.7 Å². The van der Waals surface area contributed by atoms with Crippen LogP contribution in [0.2, 0.25) is 0 Å². The molecule has 13 heteroatoms. The Balaban J connectivity index is 1.55. The predicted octanol–water partition coefficient (Wildman–Crippen LogP) is 2.27. The quantitative estimate of drug-likeness (QED) is 0.507. The van der Waals surface area contributed by atoms with E-state index < -0.39 is 28.3 Å². The van der Waals surface area contributed by atoms with E-state index >= 15 is 0 Å². The van der Waals surface area contributed by atoms with Crippen LogP contribution in [0.3, 0.4) is 0 Å². The summed E-state index contributed by atoms with van der Waals surface area (Å²) in [7, 11) is -4.07. The number of urea groups is 1. The number of nitrogens with zero attached hydrogens (tertiary/aromatic N) is 3. The van der Waals surface area contributed by atoms with E-state index in [2.05, 4.69) is 16.9 Å². The van der Waals surface area contributed by atoms with Crippen LogP contribution in [-0.2, 0) is 24.4 Å². The molecule has 0 bridgehead atoms. The molecule has 1 aromatic heterocycles. The van der Waals surface area contributed by atoms with E-state index in [1.165, 1.54) is 11.0 Å². The Bertz CT molecular complexity index is 1250. The summed E-state index contributed by atoms with van der Waals surface area (Å²) in [6, 6.07) is 10.5. The highest BCUT2D eigenvalue weighted by atomic mass is 32.2. The van der Waals surface area contributed by atoms with E-state index in [1.807, 2.05) is 0 Å². The summed E-state index contributed by atoms with van der Waals surface area (Å²) in [5.74, 6) is -0.671. The number of sulfonamides is 1. The van der Waals surface area contributed by atoms with E-state index in [4.69, 9.17) is 14.8 Å². The lowest BCUT2D eigenvalue weighted by molar-refractivity contribution is -0.202. The second kappa shape index (κ2) is 12.0. The summed E-state index contributed by atoms with van der Waals surface area (Å²) in [6.07, 6.45) is 1.83. The van der Waals surface area contributed by atoms with Gasteiger partial charge in [-0.1, -0.05) is 12.1 Å². The topological polar surface area (TPSA) is 141 Å². The molecule has 2 saturated heterocycles. The van der Waals surface area contributed by atoms with Gasteiger partial charge in [0.1, 0.15) is 10.3 Å². The number of hydrogen-bond acceptors (Lipinski definition) is 8. The number of thiophene rings is 1. The molecular weight excluding hydrogens is 518 g/mol. The molecule has 37 heavy (non-hydrogen) atoms. The number of nitrogens with one attached hydrogen (secondary N) is 2. The van der Waals surface area contributed by atoms with Gasteiger partial charge in [-0.3, -0.25) is 4.79 Å². The van der Waals surface area contributed by atoms with Gasteiger partial charge in [0.15, 0.2) is 6.29 Å². The number of piperazine rings is 1. The molecule has 1 aromatic carbocycles. The first kappa shape index (κ1) is 27.0. The molecule has 3 amide bonds. The Morgan fingerprint density at radius 1 is 1.19 bits per heavy atom. The molecule has 0 spiro atoms. The summed E-state index contributed by atoms with van der Waals surface area (Å²) in [5.41, 5.74) is 3.64. The summed E-state index contributed by atoms with van der Waals surface area (Å²) in [6.45, 7) is 2.67. The van der Waals surface area contributed by atoms with Crippen molar-refractivity contribution in [3.63, 3.8) is 0 Å². The lowest BCUT2D eigenvalue weighted by atomic mass is 10.1. The van der Waals surface area contributed by atoms with Crippen LogP contribution < -0.4 is 10.8 Å². The Hall–Kier alpha value is -3.02. The summed E-state index contributed by atoms with van der Waals surface area (Å²) >= 11 is 1.08. The largest absolute Gasteiger partial charge is 0.350 e. The molecule has 3 heterocycles. The van der Waals surface area contributed by atoms with Crippen molar-refractivity contribution >= 4 is 33.3 Å². The molecule has 0 aliphatic carbocycles. The molecule has 2 aliphatic rings. The average molecular weight is 548 g/mol. The Kier molecular flexibility index (Phi) is 8.78. The highest BCUT2D eigenvalue weighted by molar-refractivity contribution is 7.91. The molecule has 2 fully saturated rings. The number of amides is 3. The van der Waals surface area contributed by atoms with Crippen molar-refractivity contribution < 1.29 is 27.6 Å². The van der Waals surface area contributed by atoms with Crippen molar-refractivity contribution in [1.29, 1.82) is 5.26 Å². The minimum absolute atomic E-state index is 0.0540. The van der Waals surface area contributed by atoms with Crippen molar-refractivity contribution in [2.75, 3.05) is 32.8 Å². The van der Waals surface area contributed by atoms with Crippen LogP contribution in [0.1, 0.15) is 31.7 Å². The third kappa shape index (κ3) is 6.28. The van der Waals surface area contributed by atoms with E-state index in [0.29, 0.717) is 30.0 Å². The number of ether oxygens (including phenoxy) is 1. The Labute approximate surface area is 220 Å². The smallest absolute Gasteiger partial charge is 0.317 e. The molecule has 11 nitrogen and oxygen atoms in total.